The highest BCUT2D eigenvalue weighted by molar-refractivity contribution is 5.37. The van der Waals surface area contributed by atoms with E-state index in [1.165, 1.54) is 44.6 Å². The van der Waals surface area contributed by atoms with Gasteiger partial charge in [-0.15, -0.1) is 0 Å². The van der Waals surface area contributed by atoms with E-state index in [0.717, 1.165) is 18.1 Å². The van der Waals surface area contributed by atoms with E-state index < -0.39 is 11.6 Å². The third-order valence-electron chi connectivity index (χ3n) is 4.18. The molecule has 2 rings (SSSR count). The molecular formula is C19H22F2. The van der Waals surface area contributed by atoms with Crippen LogP contribution in [-0.4, -0.2) is 0 Å². The molecule has 21 heavy (non-hydrogen) atoms. The number of hydrogen-bond donors (Lipinski definition) is 0. The van der Waals surface area contributed by atoms with Gasteiger partial charge in [0.1, 0.15) is 0 Å². The summed E-state index contributed by atoms with van der Waals surface area (Å²) in [6.07, 6.45) is 11.8. The normalized spacial score (nSPS) is 22.0. The Morgan fingerprint density at radius 3 is 2.57 bits per heavy atom. The summed E-state index contributed by atoms with van der Waals surface area (Å²) in [4.78, 5) is 0. The molecule has 0 N–H and O–H groups in total. The van der Waals surface area contributed by atoms with Crippen molar-refractivity contribution in [3.8, 4) is 11.8 Å². The molecule has 0 heterocycles. The SMILES string of the molecule is CCCC1CCC(C=CC#Cc2ccc(F)c(F)c2)CC1. The van der Waals surface area contributed by atoms with Crippen molar-refractivity contribution >= 4 is 0 Å². The van der Waals surface area contributed by atoms with Gasteiger partial charge in [-0.2, -0.15) is 0 Å². The van der Waals surface area contributed by atoms with Crippen LogP contribution in [0.4, 0.5) is 8.78 Å². The van der Waals surface area contributed by atoms with Gasteiger partial charge in [0.15, 0.2) is 11.6 Å². The van der Waals surface area contributed by atoms with Crippen LogP contribution < -0.4 is 0 Å². The quantitative estimate of drug-likeness (QED) is 0.646. The van der Waals surface area contributed by atoms with Crippen LogP contribution in [0.1, 0.15) is 51.0 Å². The molecule has 0 aromatic heterocycles. The van der Waals surface area contributed by atoms with Crippen LogP contribution in [0.3, 0.4) is 0 Å². The van der Waals surface area contributed by atoms with Gasteiger partial charge in [0, 0.05) is 5.56 Å². The van der Waals surface area contributed by atoms with Crippen molar-refractivity contribution in [2.45, 2.75) is 45.4 Å². The smallest absolute Gasteiger partial charge is 0.160 e. The van der Waals surface area contributed by atoms with Crippen LogP contribution in [0.15, 0.2) is 30.4 Å². The van der Waals surface area contributed by atoms with Crippen molar-refractivity contribution in [1.82, 2.24) is 0 Å². The van der Waals surface area contributed by atoms with Crippen molar-refractivity contribution in [1.29, 1.82) is 0 Å². The first-order valence-corrected chi connectivity index (χ1v) is 7.82. The standard InChI is InChI=1S/C19H22F2/c1-2-5-15-8-10-16(11-9-15)6-3-4-7-17-12-13-18(20)19(21)14-17/h3,6,12-16H,2,5,8-11H2,1H3. The highest BCUT2D eigenvalue weighted by atomic mass is 19.2. The summed E-state index contributed by atoms with van der Waals surface area (Å²) in [5.41, 5.74) is 0.505. The molecule has 1 fully saturated rings. The number of halogens is 2. The number of allylic oxidation sites excluding steroid dienone is 2. The average Bonchev–Trinajstić information content (AvgIpc) is 2.49. The minimum Gasteiger partial charge on any atom is -0.204 e. The molecule has 0 atom stereocenters. The van der Waals surface area contributed by atoms with Gasteiger partial charge in [-0.3, -0.25) is 0 Å². The maximum atomic E-state index is 13.0. The molecule has 0 bridgehead atoms. The summed E-state index contributed by atoms with van der Waals surface area (Å²) >= 11 is 0. The third-order valence-corrected chi connectivity index (χ3v) is 4.18. The lowest BCUT2D eigenvalue weighted by Gasteiger charge is -2.26. The Hall–Kier alpha value is -1.62. The van der Waals surface area contributed by atoms with Gasteiger partial charge in [-0.1, -0.05) is 37.7 Å². The second-order valence-corrected chi connectivity index (χ2v) is 5.83. The van der Waals surface area contributed by atoms with Crippen LogP contribution in [-0.2, 0) is 0 Å². The van der Waals surface area contributed by atoms with Crippen LogP contribution >= 0.6 is 0 Å². The minimum atomic E-state index is -0.847. The zero-order valence-corrected chi connectivity index (χ0v) is 12.5. The lowest BCUT2D eigenvalue weighted by molar-refractivity contribution is 0.294. The molecule has 1 saturated carbocycles. The van der Waals surface area contributed by atoms with Gasteiger partial charge in [0.05, 0.1) is 0 Å². The Morgan fingerprint density at radius 2 is 1.90 bits per heavy atom. The van der Waals surface area contributed by atoms with Crippen molar-refractivity contribution < 1.29 is 8.78 Å². The van der Waals surface area contributed by atoms with E-state index in [1.54, 1.807) is 0 Å². The first kappa shape index (κ1) is 15.8. The molecule has 1 aliphatic rings. The summed E-state index contributed by atoms with van der Waals surface area (Å²) in [6.45, 7) is 2.25. The molecule has 0 saturated heterocycles. The lowest BCUT2D eigenvalue weighted by atomic mass is 9.80. The molecule has 0 spiro atoms. The molecule has 0 amide bonds. The highest BCUT2D eigenvalue weighted by Crippen LogP contribution is 2.31. The molecule has 0 radical (unpaired) electrons. The second-order valence-electron chi connectivity index (χ2n) is 5.83. The summed E-state index contributed by atoms with van der Waals surface area (Å²) in [7, 11) is 0. The molecule has 2 heteroatoms. The van der Waals surface area contributed by atoms with Crippen LogP contribution in [0.2, 0.25) is 0 Å². The van der Waals surface area contributed by atoms with Gasteiger partial charge in [-0.05, 0) is 61.8 Å². The Labute approximate surface area is 126 Å². The van der Waals surface area contributed by atoms with E-state index in [4.69, 9.17) is 0 Å². The van der Waals surface area contributed by atoms with Crippen LogP contribution in [0.25, 0.3) is 0 Å². The van der Waals surface area contributed by atoms with E-state index >= 15 is 0 Å². The van der Waals surface area contributed by atoms with E-state index in [9.17, 15) is 8.78 Å². The molecular weight excluding hydrogens is 266 g/mol. The molecule has 1 aromatic rings. The second kappa shape index (κ2) is 7.98. The van der Waals surface area contributed by atoms with Gasteiger partial charge in [0.25, 0.3) is 0 Å². The molecule has 1 aliphatic carbocycles. The van der Waals surface area contributed by atoms with Gasteiger partial charge >= 0.3 is 0 Å². The molecule has 112 valence electrons. The van der Waals surface area contributed by atoms with Crippen molar-refractivity contribution in [3.05, 3.63) is 47.5 Å². The topological polar surface area (TPSA) is 0 Å². The Balaban J connectivity index is 1.83. The summed E-state index contributed by atoms with van der Waals surface area (Å²) < 4.78 is 25.8. The summed E-state index contributed by atoms with van der Waals surface area (Å²) in [5.74, 6) is 5.60. The van der Waals surface area contributed by atoms with E-state index in [-0.39, 0.29) is 0 Å². The summed E-state index contributed by atoms with van der Waals surface area (Å²) in [5, 5.41) is 0. The van der Waals surface area contributed by atoms with Gasteiger partial charge < -0.3 is 0 Å². The van der Waals surface area contributed by atoms with Gasteiger partial charge in [-0.25, -0.2) is 8.78 Å². The van der Waals surface area contributed by atoms with Crippen molar-refractivity contribution in [2.75, 3.05) is 0 Å². The zero-order chi connectivity index (χ0) is 15.1. The predicted octanol–water partition coefficient (Wildman–Crippen LogP) is 5.48. The fourth-order valence-electron chi connectivity index (χ4n) is 2.96. The number of benzene rings is 1. The maximum absolute atomic E-state index is 13.0. The molecule has 0 unspecified atom stereocenters. The van der Waals surface area contributed by atoms with E-state index in [0.29, 0.717) is 11.5 Å². The fourth-order valence-corrected chi connectivity index (χ4v) is 2.96. The zero-order valence-electron chi connectivity index (χ0n) is 12.5. The first-order valence-electron chi connectivity index (χ1n) is 7.82. The Morgan fingerprint density at radius 1 is 1.14 bits per heavy atom. The predicted molar refractivity (Wildman–Crippen MR) is 82.7 cm³/mol. The van der Waals surface area contributed by atoms with Gasteiger partial charge in [0.2, 0.25) is 0 Å². The largest absolute Gasteiger partial charge is 0.204 e. The first-order chi connectivity index (χ1) is 10.2. The Bertz CT molecular complexity index is 540. The van der Waals surface area contributed by atoms with Crippen LogP contribution in [0.5, 0.6) is 0 Å². The molecule has 1 aromatic carbocycles. The third kappa shape index (κ3) is 5.01. The monoisotopic (exact) mass is 288 g/mol. The van der Waals surface area contributed by atoms with Crippen LogP contribution in [0, 0.1) is 35.3 Å². The molecule has 0 aliphatic heterocycles. The maximum Gasteiger partial charge on any atom is 0.160 e. The summed E-state index contributed by atoms with van der Waals surface area (Å²) in [6, 6.07) is 3.74. The van der Waals surface area contributed by atoms with Crippen molar-refractivity contribution in [3.63, 3.8) is 0 Å². The lowest BCUT2D eigenvalue weighted by Crippen LogP contribution is -2.12. The average molecular weight is 288 g/mol. The number of rotatable bonds is 3. The number of hydrogen-bond acceptors (Lipinski definition) is 0. The minimum absolute atomic E-state index is 0.505. The fraction of sp³-hybridized carbons (Fsp3) is 0.474. The highest BCUT2D eigenvalue weighted by Gasteiger charge is 2.18. The van der Waals surface area contributed by atoms with E-state index in [2.05, 4.69) is 24.8 Å². The molecule has 0 nitrogen and oxygen atoms in total. The Kier molecular flexibility index (Phi) is 5.99. The van der Waals surface area contributed by atoms with E-state index in [1.807, 2.05) is 6.08 Å². The van der Waals surface area contributed by atoms with Crippen molar-refractivity contribution in [2.24, 2.45) is 11.8 Å².